The van der Waals surface area contributed by atoms with Gasteiger partial charge in [0.2, 0.25) is 0 Å². The first kappa shape index (κ1) is 26.2. The van der Waals surface area contributed by atoms with Crippen molar-refractivity contribution in [3.8, 4) is 5.75 Å². The van der Waals surface area contributed by atoms with E-state index >= 15 is 0 Å². The van der Waals surface area contributed by atoms with Crippen LogP contribution in [0.5, 0.6) is 5.75 Å². The minimum atomic E-state index is -4.25. The molecule has 0 saturated carbocycles. The quantitative estimate of drug-likeness (QED) is 0.175. The SMILES string of the molecule is CCCCCCCCCCCCCCCCCC(Oc1ccccc1)P(=O)(O)O. The van der Waals surface area contributed by atoms with Crippen LogP contribution in [0.4, 0.5) is 0 Å². The molecule has 29 heavy (non-hydrogen) atoms. The molecule has 0 amide bonds. The van der Waals surface area contributed by atoms with Crippen LogP contribution in [-0.4, -0.2) is 15.6 Å². The lowest BCUT2D eigenvalue weighted by Gasteiger charge is -2.20. The second-order valence-electron chi connectivity index (χ2n) is 8.21. The van der Waals surface area contributed by atoms with Crippen LogP contribution in [0.2, 0.25) is 0 Å². The van der Waals surface area contributed by atoms with E-state index in [0.717, 1.165) is 19.3 Å². The Morgan fingerprint density at radius 2 is 1.14 bits per heavy atom. The molecule has 0 radical (unpaired) electrons. The van der Waals surface area contributed by atoms with Crippen LogP contribution in [0.15, 0.2) is 30.3 Å². The average molecular weight is 427 g/mol. The third-order valence-electron chi connectivity index (χ3n) is 5.45. The molecule has 1 unspecified atom stereocenters. The average Bonchev–Trinajstić information content (AvgIpc) is 2.70. The van der Waals surface area contributed by atoms with Crippen molar-refractivity contribution < 1.29 is 19.1 Å². The van der Waals surface area contributed by atoms with Gasteiger partial charge in [-0.1, -0.05) is 115 Å². The summed E-state index contributed by atoms with van der Waals surface area (Å²) in [6.45, 7) is 2.26. The van der Waals surface area contributed by atoms with Crippen molar-refractivity contribution in [2.45, 2.75) is 116 Å². The smallest absolute Gasteiger partial charge is 0.365 e. The van der Waals surface area contributed by atoms with Gasteiger partial charge in [-0.15, -0.1) is 0 Å². The number of ether oxygens (including phenoxy) is 1. The predicted octanol–water partition coefficient (Wildman–Crippen LogP) is 7.83. The molecule has 0 aliphatic heterocycles. The second-order valence-corrected chi connectivity index (χ2v) is 9.97. The minimum absolute atomic E-state index is 0.400. The van der Waals surface area contributed by atoms with E-state index in [2.05, 4.69) is 6.92 Å². The number of benzene rings is 1. The highest BCUT2D eigenvalue weighted by molar-refractivity contribution is 7.52. The lowest BCUT2D eigenvalue weighted by molar-refractivity contribution is 0.211. The fourth-order valence-electron chi connectivity index (χ4n) is 3.64. The molecule has 1 atom stereocenters. The summed E-state index contributed by atoms with van der Waals surface area (Å²) in [5.74, 6) is -0.520. The molecule has 5 heteroatoms. The van der Waals surface area contributed by atoms with E-state index in [1.807, 2.05) is 6.07 Å². The van der Waals surface area contributed by atoms with Gasteiger partial charge < -0.3 is 14.5 Å². The van der Waals surface area contributed by atoms with Crippen LogP contribution in [0.1, 0.15) is 110 Å². The summed E-state index contributed by atoms with van der Waals surface area (Å²) in [7, 11) is -4.25. The van der Waals surface area contributed by atoms with E-state index in [1.165, 1.54) is 77.0 Å². The van der Waals surface area contributed by atoms with E-state index in [1.54, 1.807) is 24.3 Å². The van der Waals surface area contributed by atoms with Crippen LogP contribution in [0.3, 0.4) is 0 Å². The maximum Gasteiger partial charge on any atom is 0.365 e. The molecule has 2 N–H and O–H groups in total. The molecular formula is C24H43O4P. The summed E-state index contributed by atoms with van der Waals surface area (Å²) in [5.41, 5.74) is 0. The monoisotopic (exact) mass is 426 g/mol. The van der Waals surface area contributed by atoms with E-state index in [0.29, 0.717) is 12.2 Å². The zero-order valence-corrected chi connectivity index (χ0v) is 19.3. The molecule has 168 valence electrons. The first-order valence-corrected chi connectivity index (χ1v) is 13.5. The van der Waals surface area contributed by atoms with Crippen LogP contribution < -0.4 is 4.74 Å². The van der Waals surface area contributed by atoms with Crippen LogP contribution in [-0.2, 0) is 4.57 Å². The molecule has 0 aliphatic carbocycles. The first-order valence-electron chi connectivity index (χ1n) is 11.8. The Morgan fingerprint density at radius 1 is 0.724 bits per heavy atom. The van der Waals surface area contributed by atoms with Crippen LogP contribution in [0, 0.1) is 0 Å². The van der Waals surface area contributed by atoms with Crippen molar-refractivity contribution in [1.29, 1.82) is 0 Å². The number of rotatable bonds is 19. The summed E-state index contributed by atoms with van der Waals surface area (Å²) in [6, 6.07) is 8.93. The Balaban J connectivity index is 1.97. The topological polar surface area (TPSA) is 66.8 Å². The van der Waals surface area contributed by atoms with Gasteiger partial charge in [0, 0.05) is 0 Å². The van der Waals surface area contributed by atoms with Gasteiger partial charge in [0.05, 0.1) is 0 Å². The van der Waals surface area contributed by atoms with Crippen molar-refractivity contribution >= 4 is 7.60 Å². The molecule has 4 nitrogen and oxygen atoms in total. The molecule has 1 aromatic carbocycles. The maximum atomic E-state index is 11.7. The molecule has 1 aromatic rings. The summed E-state index contributed by atoms with van der Waals surface area (Å²) in [5, 5.41) is 0. The van der Waals surface area contributed by atoms with Crippen LogP contribution >= 0.6 is 7.60 Å². The molecule has 0 saturated heterocycles. The fraction of sp³-hybridized carbons (Fsp3) is 0.750. The summed E-state index contributed by atoms with van der Waals surface area (Å²) >= 11 is 0. The van der Waals surface area contributed by atoms with Gasteiger partial charge in [-0.3, -0.25) is 4.57 Å². The number of hydrogen-bond donors (Lipinski definition) is 2. The van der Waals surface area contributed by atoms with Crippen molar-refractivity contribution in [2.24, 2.45) is 0 Å². The Bertz CT molecular complexity index is 529. The third-order valence-corrected chi connectivity index (χ3v) is 6.56. The Kier molecular flexibility index (Phi) is 15.3. The number of unbranched alkanes of at least 4 members (excludes halogenated alkanes) is 14. The number of para-hydroxylation sites is 1. The van der Waals surface area contributed by atoms with Crippen molar-refractivity contribution in [3.63, 3.8) is 0 Å². The molecule has 0 fully saturated rings. The molecule has 0 spiro atoms. The van der Waals surface area contributed by atoms with Crippen LogP contribution in [0.25, 0.3) is 0 Å². The van der Waals surface area contributed by atoms with Gasteiger partial charge in [0.25, 0.3) is 0 Å². The normalized spacial score (nSPS) is 12.8. The van der Waals surface area contributed by atoms with Crippen molar-refractivity contribution in [2.75, 3.05) is 0 Å². The highest BCUT2D eigenvalue weighted by Gasteiger charge is 2.30. The standard InChI is InChI=1S/C24H43O4P/c1-2-3-4-5-6-7-8-9-10-11-12-13-14-15-19-22-24(29(25,26)27)28-23-20-17-16-18-21-23/h16-18,20-21,24H,2-15,19,22H2,1H3,(H2,25,26,27). The Hall–Kier alpha value is -0.830. The van der Waals surface area contributed by atoms with Gasteiger partial charge in [-0.25, -0.2) is 0 Å². The zero-order valence-electron chi connectivity index (χ0n) is 18.4. The zero-order chi connectivity index (χ0) is 21.2. The van der Waals surface area contributed by atoms with Gasteiger partial charge in [0.1, 0.15) is 5.75 Å². The lowest BCUT2D eigenvalue weighted by atomic mass is 10.0. The maximum absolute atomic E-state index is 11.7. The molecule has 0 aromatic heterocycles. The summed E-state index contributed by atoms with van der Waals surface area (Å²) in [6.07, 6.45) is 19.6. The van der Waals surface area contributed by atoms with E-state index in [4.69, 9.17) is 4.74 Å². The van der Waals surface area contributed by atoms with Gasteiger partial charge in [-0.2, -0.15) is 0 Å². The highest BCUT2D eigenvalue weighted by atomic mass is 31.2. The van der Waals surface area contributed by atoms with E-state index in [-0.39, 0.29) is 0 Å². The minimum Gasteiger partial charge on any atom is -0.478 e. The second kappa shape index (κ2) is 16.9. The molecule has 0 bridgehead atoms. The first-order chi connectivity index (χ1) is 14.0. The fourth-order valence-corrected chi connectivity index (χ4v) is 4.42. The third kappa shape index (κ3) is 14.7. The van der Waals surface area contributed by atoms with Crippen molar-refractivity contribution in [1.82, 2.24) is 0 Å². The van der Waals surface area contributed by atoms with E-state index < -0.39 is 13.4 Å². The molecule has 0 aliphatic rings. The molecular weight excluding hydrogens is 383 g/mol. The molecule has 1 rings (SSSR count). The Labute approximate surface area is 178 Å². The van der Waals surface area contributed by atoms with E-state index in [9.17, 15) is 14.4 Å². The van der Waals surface area contributed by atoms with Crippen molar-refractivity contribution in [3.05, 3.63) is 30.3 Å². The molecule has 0 heterocycles. The Morgan fingerprint density at radius 3 is 1.55 bits per heavy atom. The van der Waals surface area contributed by atoms with Gasteiger partial charge >= 0.3 is 7.60 Å². The summed E-state index contributed by atoms with van der Waals surface area (Å²) < 4.78 is 17.2. The van der Waals surface area contributed by atoms with Gasteiger partial charge in [0.15, 0.2) is 5.85 Å². The lowest BCUT2D eigenvalue weighted by Crippen LogP contribution is -2.16. The highest BCUT2D eigenvalue weighted by Crippen LogP contribution is 2.44. The summed E-state index contributed by atoms with van der Waals surface area (Å²) in [4.78, 5) is 19.1. The number of hydrogen-bond acceptors (Lipinski definition) is 2. The largest absolute Gasteiger partial charge is 0.478 e. The van der Waals surface area contributed by atoms with Gasteiger partial charge in [-0.05, 0) is 25.0 Å². The predicted molar refractivity (Wildman–Crippen MR) is 122 cm³/mol.